The zero-order chi connectivity index (χ0) is 12.8. The molecule has 0 radical (unpaired) electrons. The molecule has 0 spiro atoms. The maximum Gasteiger partial charge on any atom is 0.420 e. The quantitative estimate of drug-likeness (QED) is 0.736. The molecule has 17 heavy (non-hydrogen) atoms. The predicted octanol–water partition coefficient (Wildman–Crippen LogP) is 2.68. The first-order valence-electron chi connectivity index (χ1n) is 5.01. The molecule has 1 aliphatic rings. The molecule has 1 atom stereocenters. The third-order valence-corrected chi connectivity index (χ3v) is 2.83. The second kappa shape index (κ2) is 3.38. The van der Waals surface area contributed by atoms with E-state index in [-0.39, 0.29) is 5.69 Å². The van der Waals surface area contributed by atoms with Gasteiger partial charge >= 0.3 is 6.18 Å². The molecule has 0 saturated heterocycles. The maximum absolute atomic E-state index is 12.8. The number of aryl methyl sites for hydroxylation is 1. The van der Waals surface area contributed by atoms with Crippen molar-refractivity contribution >= 4 is 17.3 Å². The Morgan fingerprint density at radius 2 is 1.88 bits per heavy atom. The molecule has 1 aliphatic heterocycles. The first kappa shape index (κ1) is 11.8. The van der Waals surface area contributed by atoms with E-state index in [1.54, 1.807) is 25.1 Å². The summed E-state index contributed by atoms with van der Waals surface area (Å²) in [4.78, 5) is 11.5. The fourth-order valence-electron chi connectivity index (χ4n) is 1.64. The van der Waals surface area contributed by atoms with Crippen LogP contribution in [0.15, 0.2) is 18.2 Å². The number of anilines is 2. The van der Waals surface area contributed by atoms with Gasteiger partial charge < -0.3 is 10.6 Å². The minimum Gasteiger partial charge on any atom is -0.362 e. The summed E-state index contributed by atoms with van der Waals surface area (Å²) in [6.45, 7) is 2.59. The summed E-state index contributed by atoms with van der Waals surface area (Å²) in [7, 11) is 0. The van der Waals surface area contributed by atoms with E-state index in [1.165, 1.54) is 0 Å². The number of benzene rings is 1. The smallest absolute Gasteiger partial charge is 0.362 e. The average Bonchev–Trinajstić information content (AvgIpc) is 2.18. The van der Waals surface area contributed by atoms with Crippen LogP contribution in [0, 0.1) is 6.92 Å². The van der Waals surface area contributed by atoms with Gasteiger partial charge in [-0.25, -0.2) is 0 Å². The highest BCUT2D eigenvalue weighted by Crippen LogP contribution is 2.40. The molecule has 2 rings (SSSR count). The number of alkyl halides is 3. The van der Waals surface area contributed by atoms with Gasteiger partial charge in [-0.15, -0.1) is 0 Å². The van der Waals surface area contributed by atoms with Gasteiger partial charge in [0, 0.05) is 0 Å². The molecule has 0 fully saturated rings. The van der Waals surface area contributed by atoms with Crippen LogP contribution < -0.4 is 10.6 Å². The van der Waals surface area contributed by atoms with Crippen molar-refractivity contribution in [1.29, 1.82) is 0 Å². The number of amides is 1. The topological polar surface area (TPSA) is 41.1 Å². The molecule has 0 aromatic heterocycles. The lowest BCUT2D eigenvalue weighted by atomic mass is 9.96. The van der Waals surface area contributed by atoms with Crippen LogP contribution >= 0.6 is 0 Å². The second-order valence-corrected chi connectivity index (χ2v) is 4.25. The van der Waals surface area contributed by atoms with Crippen molar-refractivity contribution in [3.05, 3.63) is 23.8 Å². The number of rotatable bonds is 0. The zero-order valence-corrected chi connectivity index (χ0v) is 9.27. The Kier molecular flexibility index (Phi) is 2.34. The molecule has 1 aromatic carbocycles. The predicted molar refractivity (Wildman–Crippen MR) is 57.9 cm³/mol. The molecule has 1 unspecified atom stereocenters. The van der Waals surface area contributed by atoms with E-state index in [1.807, 2.05) is 0 Å². The third kappa shape index (κ3) is 1.73. The van der Waals surface area contributed by atoms with Crippen LogP contribution in [0.4, 0.5) is 24.5 Å². The Morgan fingerprint density at radius 3 is 2.47 bits per heavy atom. The van der Waals surface area contributed by atoms with Crippen molar-refractivity contribution < 1.29 is 18.0 Å². The Hall–Kier alpha value is -1.72. The molecule has 1 aromatic rings. The highest BCUT2D eigenvalue weighted by molar-refractivity contribution is 6.06. The molecule has 92 valence electrons. The summed E-state index contributed by atoms with van der Waals surface area (Å²) in [5.74, 6) is -1.10. The number of hydrogen-bond donors (Lipinski definition) is 2. The van der Waals surface area contributed by atoms with Gasteiger partial charge in [-0.05, 0) is 31.5 Å². The van der Waals surface area contributed by atoms with Gasteiger partial charge in [-0.3, -0.25) is 4.79 Å². The van der Waals surface area contributed by atoms with Crippen LogP contribution in [0.5, 0.6) is 0 Å². The maximum atomic E-state index is 12.8. The van der Waals surface area contributed by atoms with Crippen molar-refractivity contribution in [3.63, 3.8) is 0 Å². The Bertz CT molecular complexity index is 484. The third-order valence-electron chi connectivity index (χ3n) is 2.83. The lowest BCUT2D eigenvalue weighted by Crippen LogP contribution is -2.60. The molecule has 2 N–H and O–H groups in total. The van der Waals surface area contributed by atoms with Crippen LogP contribution in [0.3, 0.4) is 0 Å². The highest BCUT2D eigenvalue weighted by atomic mass is 19.4. The number of hydrogen-bond acceptors (Lipinski definition) is 2. The number of carbonyl (C=O) groups excluding carboxylic acids is 1. The monoisotopic (exact) mass is 244 g/mol. The number of nitrogens with one attached hydrogen (secondary N) is 2. The molecular formula is C11H11F3N2O. The van der Waals surface area contributed by atoms with E-state index in [0.717, 1.165) is 12.5 Å². The summed E-state index contributed by atoms with van der Waals surface area (Å²) >= 11 is 0. The van der Waals surface area contributed by atoms with E-state index in [4.69, 9.17) is 0 Å². The Labute approximate surface area is 96.0 Å². The minimum absolute atomic E-state index is 0.282. The van der Waals surface area contributed by atoms with Crippen LogP contribution in [0.25, 0.3) is 0 Å². The van der Waals surface area contributed by atoms with Crippen molar-refractivity contribution in [2.24, 2.45) is 0 Å². The van der Waals surface area contributed by atoms with Crippen molar-refractivity contribution in [1.82, 2.24) is 0 Å². The van der Waals surface area contributed by atoms with Crippen LogP contribution in [0.1, 0.15) is 12.5 Å². The normalized spacial score (nSPS) is 23.7. The lowest BCUT2D eigenvalue weighted by Gasteiger charge is -2.37. The fourth-order valence-corrected chi connectivity index (χ4v) is 1.64. The van der Waals surface area contributed by atoms with Gasteiger partial charge in [-0.1, -0.05) is 6.07 Å². The van der Waals surface area contributed by atoms with Crippen molar-refractivity contribution in [2.75, 3.05) is 10.6 Å². The molecule has 3 nitrogen and oxygen atoms in total. The molecular weight excluding hydrogens is 233 g/mol. The van der Waals surface area contributed by atoms with Crippen LogP contribution in [-0.2, 0) is 4.79 Å². The van der Waals surface area contributed by atoms with E-state index >= 15 is 0 Å². The summed E-state index contributed by atoms with van der Waals surface area (Å²) in [5.41, 5.74) is -1.13. The minimum atomic E-state index is -4.65. The zero-order valence-electron chi connectivity index (χ0n) is 9.27. The number of carbonyl (C=O) groups is 1. The summed E-state index contributed by atoms with van der Waals surface area (Å²) < 4.78 is 38.5. The number of halogens is 3. The Morgan fingerprint density at radius 1 is 1.24 bits per heavy atom. The SMILES string of the molecule is Cc1ccc2c(c1)NC(C)(C(F)(F)F)C(=O)N2. The van der Waals surface area contributed by atoms with Crippen molar-refractivity contribution in [2.45, 2.75) is 25.6 Å². The summed E-state index contributed by atoms with van der Waals surface area (Å²) in [6, 6.07) is 4.86. The first-order chi connectivity index (χ1) is 7.74. The largest absolute Gasteiger partial charge is 0.420 e. The van der Waals surface area contributed by atoms with Gasteiger partial charge in [0.15, 0.2) is 0 Å². The Balaban J connectivity index is 2.48. The fraction of sp³-hybridized carbons (Fsp3) is 0.364. The van der Waals surface area contributed by atoms with Crippen LogP contribution in [0.2, 0.25) is 0 Å². The summed E-state index contributed by atoms with van der Waals surface area (Å²) in [5, 5.41) is 4.53. The van der Waals surface area contributed by atoms with E-state index in [2.05, 4.69) is 10.6 Å². The van der Waals surface area contributed by atoms with Gasteiger partial charge in [0.1, 0.15) is 0 Å². The lowest BCUT2D eigenvalue weighted by molar-refractivity contribution is -0.179. The van der Waals surface area contributed by atoms with Gasteiger partial charge in [0.2, 0.25) is 5.54 Å². The van der Waals surface area contributed by atoms with E-state index < -0.39 is 17.6 Å². The standard InChI is InChI=1S/C11H11F3N2O/c1-6-3-4-7-8(5-6)16-10(2,9(17)15-7)11(12,13)14/h3-5,16H,1-2H3,(H,15,17). The molecule has 0 saturated carbocycles. The molecule has 1 heterocycles. The molecule has 1 amide bonds. The molecule has 0 bridgehead atoms. The van der Waals surface area contributed by atoms with E-state index in [9.17, 15) is 18.0 Å². The van der Waals surface area contributed by atoms with Crippen molar-refractivity contribution in [3.8, 4) is 0 Å². The molecule has 6 heteroatoms. The average molecular weight is 244 g/mol. The van der Waals surface area contributed by atoms with Gasteiger partial charge in [-0.2, -0.15) is 13.2 Å². The summed E-state index contributed by atoms with van der Waals surface area (Å²) in [6.07, 6.45) is -4.65. The first-order valence-corrected chi connectivity index (χ1v) is 5.01. The van der Waals surface area contributed by atoms with Crippen LogP contribution in [-0.4, -0.2) is 17.6 Å². The van der Waals surface area contributed by atoms with Gasteiger partial charge in [0.25, 0.3) is 5.91 Å². The highest BCUT2D eigenvalue weighted by Gasteiger charge is 2.58. The van der Waals surface area contributed by atoms with E-state index in [0.29, 0.717) is 5.69 Å². The molecule has 0 aliphatic carbocycles. The number of fused-ring (bicyclic) bond motifs is 1. The second-order valence-electron chi connectivity index (χ2n) is 4.25. The van der Waals surface area contributed by atoms with Gasteiger partial charge in [0.05, 0.1) is 11.4 Å².